The molecule has 0 bridgehead atoms. The molecule has 0 saturated heterocycles. The molecule has 0 aromatic heterocycles. The molecule has 0 spiro atoms. The SMILES string of the molecule is CCCCCCC/C=C\CCCCCCCCCC/C=C/CCCCCCCC. The van der Waals surface area contributed by atoms with Gasteiger partial charge in [-0.3, -0.25) is 0 Å². The Balaban J connectivity index is 3.10. The van der Waals surface area contributed by atoms with Crippen molar-refractivity contribution in [2.45, 2.75) is 162 Å². The van der Waals surface area contributed by atoms with E-state index in [9.17, 15) is 0 Å². The van der Waals surface area contributed by atoms with Crippen LogP contribution in [0.4, 0.5) is 0 Å². The summed E-state index contributed by atoms with van der Waals surface area (Å²) in [6.45, 7) is 4.58. The van der Waals surface area contributed by atoms with Gasteiger partial charge in [0.25, 0.3) is 0 Å². The first kappa shape index (κ1) is 28.5. The Morgan fingerprint density at radius 3 is 0.724 bits per heavy atom. The molecule has 0 aromatic rings. The average molecular weight is 405 g/mol. The molecule has 0 nitrogen and oxygen atoms in total. The Hall–Kier alpha value is -0.520. The number of allylic oxidation sites excluding steroid dienone is 4. The maximum absolute atomic E-state index is 2.44. The second-order valence-corrected chi connectivity index (χ2v) is 9.11. The van der Waals surface area contributed by atoms with Crippen LogP contribution in [0.2, 0.25) is 0 Å². The van der Waals surface area contributed by atoms with Gasteiger partial charge < -0.3 is 0 Å². The van der Waals surface area contributed by atoms with Gasteiger partial charge in [-0.1, -0.05) is 134 Å². The fourth-order valence-corrected chi connectivity index (χ4v) is 3.96. The molecule has 0 rings (SSSR count). The summed E-state index contributed by atoms with van der Waals surface area (Å²) in [5.74, 6) is 0. The van der Waals surface area contributed by atoms with E-state index in [4.69, 9.17) is 0 Å². The summed E-state index contributed by atoms with van der Waals surface area (Å²) in [5.41, 5.74) is 0. The summed E-state index contributed by atoms with van der Waals surface area (Å²) < 4.78 is 0. The molecule has 0 N–H and O–H groups in total. The highest BCUT2D eigenvalue weighted by Gasteiger charge is 1.92. The minimum absolute atomic E-state index is 1.30. The minimum atomic E-state index is 1.30. The van der Waals surface area contributed by atoms with Gasteiger partial charge in [0.05, 0.1) is 0 Å². The van der Waals surface area contributed by atoms with Crippen LogP contribution in [-0.4, -0.2) is 0 Å². The monoisotopic (exact) mass is 404 g/mol. The van der Waals surface area contributed by atoms with Crippen LogP contribution in [0.15, 0.2) is 24.3 Å². The summed E-state index contributed by atoms with van der Waals surface area (Å²) >= 11 is 0. The predicted molar refractivity (Wildman–Crippen MR) is 136 cm³/mol. The van der Waals surface area contributed by atoms with Gasteiger partial charge in [-0.2, -0.15) is 0 Å². The molecule has 0 fully saturated rings. The second kappa shape index (κ2) is 27.5. The number of unbranched alkanes of at least 4 members (excludes halogenated alkanes) is 20. The van der Waals surface area contributed by atoms with E-state index in [-0.39, 0.29) is 0 Å². The fraction of sp³-hybridized carbons (Fsp3) is 0.862. The van der Waals surface area contributed by atoms with E-state index >= 15 is 0 Å². The summed E-state index contributed by atoms with van der Waals surface area (Å²) in [7, 11) is 0. The standard InChI is InChI=1S/C29H56/c1-3-5-7-9-11-13-15-17-19-21-23-25-27-29-28-26-24-22-20-18-16-14-12-10-8-6-4-2/h15,17-18,20H,3-14,16,19,21-29H2,1-2H3/b17-15-,20-18+. The molecule has 0 saturated carbocycles. The highest BCUT2D eigenvalue weighted by Crippen LogP contribution is 2.12. The van der Waals surface area contributed by atoms with Crippen LogP contribution < -0.4 is 0 Å². The lowest BCUT2D eigenvalue weighted by atomic mass is 10.1. The molecule has 0 atom stereocenters. The van der Waals surface area contributed by atoms with Crippen molar-refractivity contribution in [2.24, 2.45) is 0 Å². The third kappa shape index (κ3) is 27.5. The largest absolute Gasteiger partial charge is 0.0885 e. The lowest BCUT2D eigenvalue weighted by molar-refractivity contribution is 0.570. The topological polar surface area (TPSA) is 0 Å². The molecule has 29 heavy (non-hydrogen) atoms. The molecule has 0 heterocycles. The summed E-state index contributed by atoms with van der Waals surface area (Å²) in [6.07, 6.45) is 41.9. The van der Waals surface area contributed by atoms with Crippen molar-refractivity contribution in [1.82, 2.24) is 0 Å². The van der Waals surface area contributed by atoms with Crippen LogP contribution in [0.5, 0.6) is 0 Å². The lowest BCUT2D eigenvalue weighted by Gasteiger charge is -2.01. The van der Waals surface area contributed by atoms with Gasteiger partial charge in [-0.15, -0.1) is 0 Å². The van der Waals surface area contributed by atoms with Crippen LogP contribution in [0.3, 0.4) is 0 Å². The first-order valence-electron chi connectivity index (χ1n) is 13.7. The highest BCUT2D eigenvalue weighted by molar-refractivity contribution is 4.82. The van der Waals surface area contributed by atoms with Gasteiger partial charge in [-0.25, -0.2) is 0 Å². The second-order valence-electron chi connectivity index (χ2n) is 9.11. The molecule has 172 valence electrons. The Morgan fingerprint density at radius 1 is 0.276 bits per heavy atom. The Kier molecular flexibility index (Phi) is 27.0. The van der Waals surface area contributed by atoms with E-state index in [0.29, 0.717) is 0 Å². The zero-order valence-electron chi connectivity index (χ0n) is 20.6. The maximum Gasteiger partial charge on any atom is -0.0351 e. The van der Waals surface area contributed by atoms with Gasteiger partial charge in [0.1, 0.15) is 0 Å². The van der Waals surface area contributed by atoms with Crippen LogP contribution in [-0.2, 0) is 0 Å². The third-order valence-corrected chi connectivity index (χ3v) is 6.02. The van der Waals surface area contributed by atoms with Crippen molar-refractivity contribution in [3.8, 4) is 0 Å². The zero-order chi connectivity index (χ0) is 21.1. The summed E-state index contributed by atoms with van der Waals surface area (Å²) in [6, 6.07) is 0. The van der Waals surface area contributed by atoms with E-state index in [2.05, 4.69) is 38.2 Å². The summed E-state index contributed by atoms with van der Waals surface area (Å²) in [4.78, 5) is 0. The molecule has 0 heteroatoms. The van der Waals surface area contributed by atoms with Crippen molar-refractivity contribution in [3.05, 3.63) is 24.3 Å². The quantitative estimate of drug-likeness (QED) is 0.111. The van der Waals surface area contributed by atoms with Gasteiger partial charge >= 0.3 is 0 Å². The Morgan fingerprint density at radius 2 is 0.483 bits per heavy atom. The normalized spacial score (nSPS) is 11.9. The number of hydrogen-bond acceptors (Lipinski definition) is 0. The molecule has 0 radical (unpaired) electrons. The van der Waals surface area contributed by atoms with Gasteiger partial charge in [0, 0.05) is 0 Å². The molecule has 0 aliphatic heterocycles. The van der Waals surface area contributed by atoms with Gasteiger partial charge in [0.2, 0.25) is 0 Å². The van der Waals surface area contributed by atoms with Crippen molar-refractivity contribution >= 4 is 0 Å². The number of hydrogen-bond donors (Lipinski definition) is 0. The molecule has 0 unspecified atom stereocenters. The van der Waals surface area contributed by atoms with Crippen LogP contribution >= 0.6 is 0 Å². The number of rotatable bonds is 24. The van der Waals surface area contributed by atoms with Gasteiger partial charge in [-0.05, 0) is 51.4 Å². The van der Waals surface area contributed by atoms with E-state index in [1.54, 1.807) is 0 Å². The van der Waals surface area contributed by atoms with Gasteiger partial charge in [0.15, 0.2) is 0 Å². The Bertz CT molecular complexity index is 325. The average Bonchev–Trinajstić information content (AvgIpc) is 2.74. The molecule has 0 aliphatic carbocycles. The first-order valence-corrected chi connectivity index (χ1v) is 13.7. The molecule has 0 aliphatic rings. The maximum atomic E-state index is 2.44. The third-order valence-electron chi connectivity index (χ3n) is 6.02. The van der Waals surface area contributed by atoms with Crippen molar-refractivity contribution in [2.75, 3.05) is 0 Å². The molecular formula is C29H56. The van der Waals surface area contributed by atoms with Crippen LogP contribution in [0, 0.1) is 0 Å². The Labute approximate surface area is 186 Å². The lowest BCUT2D eigenvalue weighted by Crippen LogP contribution is -1.81. The van der Waals surface area contributed by atoms with Crippen LogP contribution in [0.25, 0.3) is 0 Å². The molecular weight excluding hydrogens is 348 g/mol. The minimum Gasteiger partial charge on any atom is -0.0885 e. The smallest absolute Gasteiger partial charge is 0.0351 e. The van der Waals surface area contributed by atoms with E-state index < -0.39 is 0 Å². The summed E-state index contributed by atoms with van der Waals surface area (Å²) in [5, 5.41) is 0. The highest BCUT2D eigenvalue weighted by atomic mass is 14.0. The van der Waals surface area contributed by atoms with E-state index in [1.165, 1.54) is 148 Å². The van der Waals surface area contributed by atoms with Crippen molar-refractivity contribution in [3.63, 3.8) is 0 Å². The predicted octanol–water partition coefficient (Wildman–Crippen LogP) is 11.1. The van der Waals surface area contributed by atoms with Crippen molar-refractivity contribution in [1.29, 1.82) is 0 Å². The van der Waals surface area contributed by atoms with Crippen LogP contribution in [0.1, 0.15) is 162 Å². The van der Waals surface area contributed by atoms with E-state index in [1.807, 2.05) is 0 Å². The zero-order valence-corrected chi connectivity index (χ0v) is 20.6. The molecule has 0 amide bonds. The van der Waals surface area contributed by atoms with E-state index in [0.717, 1.165) is 0 Å². The molecule has 0 aromatic carbocycles. The fourth-order valence-electron chi connectivity index (χ4n) is 3.96. The first-order chi connectivity index (χ1) is 14.4. The van der Waals surface area contributed by atoms with Crippen molar-refractivity contribution < 1.29 is 0 Å².